The maximum absolute atomic E-state index is 3.53. The Hall–Kier alpha value is -0.300. The van der Waals surface area contributed by atoms with Gasteiger partial charge in [-0.15, -0.1) is 0 Å². The number of rotatable bonds is 1. The topological polar surface area (TPSA) is 12.0 Å². The molecule has 10 heavy (non-hydrogen) atoms. The van der Waals surface area contributed by atoms with Gasteiger partial charge < -0.3 is 5.32 Å². The first-order valence-corrected chi connectivity index (χ1v) is 4.22. The van der Waals surface area contributed by atoms with Gasteiger partial charge in [0.15, 0.2) is 0 Å². The molecule has 0 aromatic heterocycles. The van der Waals surface area contributed by atoms with Crippen molar-refractivity contribution in [2.24, 2.45) is 0 Å². The molecule has 0 amide bonds. The van der Waals surface area contributed by atoms with Crippen molar-refractivity contribution in [2.75, 3.05) is 0 Å². The van der Waals surface area contributed by atoms with E-state index in [1.165, 1.54) is 19.3 Å². The van der Waals surface area contributed by atoms with E-state index in [4.69, 9.17) is 0 Å². The molecule has 1 N–H and O–H groups in total. The highest BCUT2D eigenvalue weighted by atomic mass is 14.9. The van der Waals surface area contributed by atoms with Crippen LogP contribution in [0.2, 0.25) is 0 Å². The van der Waals surface area contributed by atoms with Crippen LogP contribution < -0.4 is 5.32 Å². The van der Waals surface area contributed by atoms with Crippen molar-refractivity contribution < 1.29 is 0 Å². The van der Waals surface area contributed by atoms with Crippen LogP contribution in [0.3, 0.4) is 0 Å². The first kappa shape index (κ1) is 7.80. The molecule has 58 valence electrons. The average molecular weight is 139 g/mol. The number of nitrogens with one attached hydrogen (secondary N) is 1. The molecule has 1 nitrogen and oxygen atoms in total. The molecule has 0 saturated carbocycles. The summed E-state index contributed by atoms with van der Waals surface area (Å²) < 4.78 is 0. The Morgan fingerprint density at radius 1 is 1.40 bits per heavy atom. The Morgan fingerprint density at radius 2 is 2.20 bits per heavy atom. The molecule has 1 aliphatic rings. The van der Waals surface area contributed by atoms with Gasteiger partial charge in [0.25, 0.3) is 0 Å². The zero-order valence-electron chi connectivity index (χ0n) is 6.93. The van der Waals surface area contributed by atoms with Gasteiger partial charge in [-0.2, -0.15) is 0 Å². The van der Waals surface area contributed by atoms with Crippen molar-refractivity contribution in [3.05, 3.63) is 12.2 Å². The van der Waals surface area contributed by atoms with E-state index in [1.807, 2.05) is 0 Å². The van der Waals surface area contributed by atoms with Crippen LogP contribution in [0.1, 0.15) is 33.1 Å². The molecular weight excluding hydrogens is 122 g/mol. The van der Waals surface area contributed by atoms with Crippen LogP contribution in [-0.2, 0) is 0 Å². The predicted molar refractivity (Wildman–Crippen MR) is 45.1 cm³/mol. The molecule has 1 aliphatic heterocycles. The van der Waals surface area contributed by atoms with Gasteiger partial charge in [0.05, 0.1) is 0 Å². The summed E-state index contributed by atoms with van der Waals surface area (Å²) in [5.41, 5.74) is 0. The fourth-order valence-corrected chi connectivity index (χ4v) is 1.56. The summed E-state index contributed by atoms with van der Waals surface area (Å²) in [5, 5.41) is 3.53. The third-order valence-electron chi connectivity index (χ3n) is 2.08. The smallest absolute Gasteiger partial charge is 0.0252 e. The van der Waals surface area contributed by atoms with Crippen LogP contribution in [0.15, 0.2) is 12.2 Å². The lowest BCUT2D eigenvalue weighted by Crippen LogP contribution is -2.39. The molecule has 2 atom stereocenters. The minimum absolute atomic E-state index is 0.647. The number of hydrogen-bond acceptors (Lipinski definition) is 1. The first-order chi connectivity index (χ1) is 4.83. The van der Waals surface area contributed by atoms with Gasteiger partial charge in [0.1, 0.15) is 0 Å². The second kappa shape index (κ2) is 3.77. The van der Waals surface area contributed by atoms with Crippen LogP contribution in [0.5, 0.6) is 0 Å². The highest BCUT2D eigenvalue weighted by molar-refractivity contribution is 4.94. The van der Waals surface area contributed by atoms with E-state index in [1.54, 1.807) is 0 Å². The Balaban J connectivity index is 2.32. The molecule has 0 unspecified atom stereocenters. The van der Waals surface area contributed by atoms with Gasteiger partial charge in [-0.25, -0.2) is 0 Å². The molecule has 0 aliphatic carbocycles. The van der Waals surface area contributed by atoms with E-state index in [-0.39, 0.29) is 0 Å². The zero-order chi connectivity index (χ0) is 7.40. The second-order valence-corrected chi connectivity index (χ2v) is 3.13. The Labute approximate surface area is 63.5 Å². The third-order valence-corrected chi connectivity index (χ3v) is 2.08. The normalized spacial score (nSPS) is 35.0. The summed E-state index contributed by atoms with van der Waals surface area (Å²) in [5.74, 6) is 0. The maximum atomic E-state index is 3.53. The average Bonchev–Trinajstić information content (AvgIpc) is 1.88. The van der Waals surface area contributed by atoms with Gasteiger partial charge in [0.2, 0.25) is 0 Å². The Morgan fingerprint density at radius 3 is 2.80 bits per heavy atom. The highest BCUT2D eigenvalue weighted by Crippen LogP contribution is 2.12. The lowest BCUT2D eigenvalue weighted by molar-refractivity contribution is 0.374. The summed E-state index contributed by atoms with van der Waals surface area (Å²) >= 11 is 0. The minimum Gasteiger partial charge on any atom is -0.308 e. The summed E-state index contributed by atoms with van der Waals surface area (Å²) in [7, 11) is 0. The van der Waals surface area contributed by atoms with Gasteiger partial charge in [0, 0.05) is 12.1 Å². The molecule has 1 rings (SSSR count). The third kappa shape index (κ3) is 2.14. The molecule has 1 heteroatoms. The molecule has 0 aromatic rings. The van der Waals surface area contributed by atoms with E-state index in [0.717, 1.165) is 6.04 Å². The van der Waals surface area contributed by atoms with Crippen molar-refractivity contribution in [3.8, 4) is 0 Å². The number of allylic oxidation sites excluding steroid dienone is 1. The van der Waals surface area contributed by atoms with Crippen LogP contribution in [0.25, 0.3) is 0 Å². The fraction of sp³-hybridized carbons (Fsp3) is 0.778. The van der Waals surface area contributed by atoms with Crippen LogP contribution in [0.4, 0.5) is 0 Å². The molecule has 0 spiro atoms. The highest BCUT2D eigenvalue weighted by Gasteiger charge is 2.13. The monoisotopic (exact) mass is 139 g/mol. The van der Waals surface area contributed by atoms with Crippen LogP contribution >= 0.6 is 0 Å². The van der Waals surface area contributed by atoms with E-state index in [0.29, 0.717) is 6.04 Å². The molecule has 0 radical (unpaired) electrons. The SMILES string of the molecule is C/C=C\[C@@H]1CCC[C@@H](C)N1. The lowest BCUT2D eigenvalue weighted by Gasteiger charge is -2.26. The van der Waals surface area contributed by atoms with Crippen molar-refractivity contribution in [2.45, 2.75) is 45.2 Å². The predicted octanol–water partition coefficient (Wildman–Crippen LogP) is 2.09. The van der Waals surface area contributed by atoms with Crippen molar-refractivity contribution >= 4 is 0 Å². The summed E-state index contributed by atoms with van der Waals surface area (Å²) in [6.45, 7) is 4.34. The quantitative estimate of drug-likeness (QED) is 0.548. The minimum atomic E-state index is 0.647. The molecule has 1 heterocycles. The lowest BCUT2D eigenvalue weighted by atomic mass is 9.99. The molecule has 1 fully saturated rings. The maximum Gasteiger partial charge on any atom is 0.0252 e. The van der Waals surface area contributed by atoms with Gasteiger partial charge in [-0.3, -0.25) is 0 Å². The molecule has 0 bridgehead atoms. The summed E-state index contributed by atoms with van der Waals surface area (Å²) in [4.78, 5) is 0. The molecule has 1 saturated heterocycles. The second-order valence-electron chi connectivity index (χ2n) is 3.13. The first-order valence-electron chi connectivity index (χ1n) is 4.22. The number of hydrogen-bond donors (Lipinski definition) is 1. The largest absolute Gasteiger partial charge is 0.308 e. The number of piperidine rings is 1. The van der Waals surface area contributed by atoms with Crippen LogP contribution in [0, 0.1) is 0 Å². The van der Waals surface area contributed by atoms with E-state index in [9.17, 15) is 0 Å². The summed E-state index contributed by atoms with van der Waals surface area (Å²) in [6.07, 6.45) is 8.43. The van der Waals surface area contributed by atoms with E-state index < -0.39 is 0 Å². The van der Waals surface area contributed by atoms with Crippen molar-refractivity contribution in [1.82, 2.24) is 5.32 Å². The Bertz CT molecular complexity index is 118. The van der Waals surface area contributed by atoms with Crippen molar-refractivity contribution in [1.29, 1.82) is 0 Å². The van der Waals surface area contributed by atoms with Crippen LogP contribution in [-0.4, -0.2) is 12.1 Å². The fourth-order valence-electron chi connectivity index (χ4n) is 1.56. The Kier molecular flexibility index (Phi) is 2.94. The molecule has 0 aromatic carbocycles. The van der Waals surface area contributed by atoms with E-state index >= 15 is 0 Å². The van der Waals surface area contributed by atoms with Gasteiger partial charge in [-0.1, -0.05) is 18.6 Å². The van der Waals surface area contributed by atoms with Gasteiger partial charge in [-0.05, 0) is 26.7 Å². The zero-order valence-corrected chi connectivity index (χ0v) is 6.93. The standard InChI is InChI=1S/C9H17N/c1-3-5-9-7-4-6-8(2)10-9/h3,5,8-10H,4,6-7H2,1-2H3/b5-3-/t8-,9-/m1/s1. The van der Waals surface area contributed by atoms with E-state index in [2.05, 4.69) is 31.3 Å². The molecular formula is C9H17N. The summed E-state index contributed by atoms with van der Waals surface area (Å²) in [6, 6.07) is 1.36. The van der Waals surface area contributed by atoms with Crippen molar-refractivity contribution in [3.63, 3.8) is 0 Å². The van der Waals surface area contributed by atoms with Gasteiger partial charge >= 0.3 is 0 Å².